The van der Waals surface area contributed by atoms with Gasteiger partial charge in [0.2, 0.25) is 0 Å². The van der Waals surface area contributed by atoms with Crippen LogP contribution >= 0.6 is 0 Å². The lowest BCUT2D eigenvalue weighted by atomic mass is 9.28. The Kier molecular flexibility index (Phi) is 1.91. The fraction of sp³-hybridized carbons (Fsp3) is 1.00. The first-order valence-electron chi connectivity index (χ1n) is 6.07. The van der Waals surface area contributed by atoms with Crippen molar-refractivity contribution < 1.29 is 9.88 Å². The van der Waals surface area contributed by atoms with E-state index in [-0.39, 0.29) is 0 Å². The predicted octanol–water partition coefficient (Wildman–Crippen LogP) is 1.13. The van der Waals surface area contributed by atoms with Gasteiger partial charge >= 0.3 is 6.48 Å². The van der Waals surface area contributed by atoms with Crippen molar-refractivity contribution in [1.82, 2.24) is 0 Å². The van der Waals surface area contributed by atoms with Crippen LogP contribution in [0.5, 0.6) is 0 Å². The Morgan fingerprint density at radius 2 is 1.62 bits per heavy atom. The zero-order chi connectivity index (χ0) is 8.73. The first-order chi connectivity index (χ1) is 6.42. The highest BCUT2D eigenvalue weighted by Gasteiger charge is 2.53. The summed E-state index contributed by atoms with van der Waals surface area (Å²) in [6, 6.07) is 0. The fourth-order valence-electron chi connectivity index (χ4n) is 4.33. The maximum absolute atomic E-state index is 6.16. The van der Waals surface area contributed by atoms with Gasteiger partial charge in [-0.05, 0) is 0 Å². The maximum atomic E-state index is 6.16. The molecule has 3 saturated heterocycles. The molecule has 3 aliphatic rings. The van der Waals surface area contributed by atoms with Crippen molar-refractivity contribution in [3.05, 3.63) is 0 Å². The quantitative estimate of drug-likeness (QED) is 0.557. The van der Waals surface area contributed by atoms with Gasteiger partial charge in [-0.2, -0.15) is 0 Å². The summed E-state index contributed by atoms with van der Waals surface area (Å²) in [4.78, 5) is 0. The minimum atomic E-state index is -0.438. The Labute approximate surface area is 80.4 Å². The molecule has 3 fully saturated rings. The van der Waals surface area contributed by atoms with Crippen molar-refractivity contribution in [3.63, 3.8) is 0 Å². The zero-order valence-corrected chi connectivity index (χ0v) is 8.37. The van der Waals surface area contributed by atoms with Crippen LogP contribution in [-0.2, 0) is 4.65 Å². The van der Waals surface area contributed by atoms with E-state index < -0.39 is 6.48 Å². The van der Waals surface area contributed by atoms with Crippen molar-refractivity contribution in [2.45, 2.75) is 50.2 Å². The van der Waals surface area contributed by atoms with Gasteiger partial charge in [0, 0.05) is 0 Å². The third-order valence-electron chi connectivity index (χ3n) is 4.83. The Bertz CT molecular complexity index is 179. The minimum Gasteiger partial charge on any atom is -0.535 e. The van der Waals surface area contributed by atoms with E-state index >= 15 is 0 Å². The molecule has 0 aromatic rings. The van der Waals surface area contributed by atoms with Crippen LogP contribution in [0.25, 0.3) is 0 Å². The first-order valence-corrected chi connectivity index (χ1v) is 6.07. The molecule has 0 atom stereocenters. The van der Waals surface area contributed by atoms with Gasteiger partial charge in [-0.3, -0.25) is 0 Å². The van der Waals surface area contributed by atoms with Gasteiger partial charge in [-0.1, -0.05) is 50.2 Å². The van der Waals surface area contributed by atoms with Crippen molar-refractivity contribution in [2.75, 3.05) is 13.2 Å². The minimum absolute atomic E-state index is 0.438. The van der Waals surface area contributed by atoms with Gasteiger partial charge in [0.05, 0.1) is 13.2 Å². The molecule has 3 heterocycles. The molecule has 1 spiro atoms. The van der Waals surface area contributed by atoms with Gasteiger partial charge in [0.25, 0.3) is 0 Å². The van der Waals surface area contributed by atoms with E-state index in [1.807, 2.05) is 0 Å². The van der Waals surface area contributed by atoms with Gasteiger partial charge in [0.15, 0.2) is 0 Å². The van der Waals surface area contributed by atoms with Gasteiger partial charge in [0.1, 0.15) is 0 Å². The average Bonchev–Trinajstić information content (AvgIpc) is 2.53. The SMILES string of the molecule is C1CC2CCCC(C1)[B-]21[NH2+]CCO1. The first kappa shape index (κ1) is 8.31. The molecule has 2 bridgehead atoms. The van der Waals surface area contributed by atoms with E-state index in [0.29, 0.717) is 0 Å². The number of hydrogen-bond donors (Lipinski definition) is 1. The lowest BCUT2D eigenvalue weighted by Gasteiger charge is -2.51. The van der Waals surface area contributed by atoms with Crippen molar-refractivity contribution in [1.29, 1.82) is 0 Å². The second-order valence-electron chi connectivity index (χ2n) is 5.26. The Morgan fingerprint density at radius 1 is 1.00 bits per heavy atom. The van der Waals surface area contributed by atoms with Crippen LogP contribution in [0.15, 0.2) is 0 Å². The predicted molar refractivity (Wildman–Crippen MR) is 53.7 cm³/mol. The van der Waals surface area contributed by atoms with Crippen molar-refractivity contribution in [3.8, 4) is 0 Å². The highest BCUT2D eigenvalue weighted by atomic mass is 16.5. The van der Waals surface area contributed by atoms with E-state index in [1.165, 1.54) is 45.1 Å². The molecule has 0 radical (unpaired) electrons. The lowest BCUT2D eigenvalue weighted by molar-refractivity contribution is -0.526. The fourth-order valence-corrected chi connectivity index (χ4v) is 4.33. The molecule has 3 rings (SSSR count). The van der Waals surface area contributed by atoms with Crippen LogP contribution in [0.4, 0.5) is 0 Å². The monoisotopic (exact) mass is 181 g/mol. The number of quaternary nitrogens is 1. The highest BCUT2D eigenvalue weighted by Crippen LogP contribution is 2.50. The van der Waals surface area contributed by atoms with E-state index in [2.05, 4.69) is 5.23 Å². The molecule has 3 aliphatic heterocycles. The summed E-state index contributed by atoms with van der Waals surface area (Å²) in [5, 5.41) is 2.58. The van der Waals surface area contributed by atoms with E-state index in [0.717, 1.165) is 18.2 Å². The molecule has 3 heteroatoms. The molecule has 0 aromatic carbocycles. The van der Waals surface area contributed by atoms with Crippen LogP contribution in [0, 0.1) is 0 Å². The largest absolute Gasteiger partial charge is 0.535 e. The Balaban J connectivity index is 1.90. The molecular formula is C10H20BNO. The average molecular weight is 181 g/mol. The summed E-state index contributed by atoms with van der Waals surface area (Å²) >= 11 is 0. The molecule has 0 aliphatic carbocycles. The van der Waals surface area contributed by atoms with E-state index in [4.69, 9.17) is 4.65 Å². The van der Waals surface area contributed by atoms with Crippen LogP contribution < -0.4 is 5.23 Å². The summed E-state index contributed by atoms with van der Waals surface area (Å²) in [7, 11) is 0. The molecule has 74 valence electrons. The summed E-state index contributed by atoms with van der Waals surface area (Å²) in [6.07, 6.45) is 8.74. The molecule has 0 aromatic heterocycles. The Hall–Kier alpha value is -0.0151. The van der Waals surface area contributed by atoms with Crippen molar-refractivity contribution >= 4 is 6.48 Å². The number of hydrogen-bond acceptors (Lipinski definition) is 1. The summed E-state index contributed by atoms with van der Waals surface area (Å²) in [5.41, 5.74) is 0. The van der Waals surface area contributed by atoms with Crippen LogP contribution in [-0.4, -0.2) is 19.6 Å². The third kappa shape index (κ3) is 1.10. The topological polar surface area (TPSA) is 25.8 Å². The van der Waals surface area contributed by atoms with Gasteiger partial charge in [-0.15, -0.1) is 0 Å². The molecule has 13 heavy (non-hydrogen) atoms. The standard InChI is InChI=1S/C10H20BNO/c1-3-9-5-2-6-10(4-1)11(9)12-7-8-13-11/h9-10H,1-8,12H2. The number of nitrogens with two attached hydrogens (primary N) is 1. The smallest absolute Gasteiger partial charge is 0.337 e. The Morgan fingerprint density at radius 3 is 2.08 bits per heavy atom. The molecule has 2 N–H and O–H groups in total. The van der Waals surface area contributed by atoms with Crippen LogP contribution in [0.1, 0.15) is 38.5 Å². The van der Waals surface area contributed by atoms with E-state index in [9.17, 15) is 0 Å². The highest BCUT2D eigenvalue weighted by molar-refractivity contribution is 6.68. The number of rotatable bonds is 0. The molecule has 0 unspecified atom stereocenters. The second kappa shape index (κ2) is 2.99. The van der Waals surface area contributed by atoms with E-state index in [1.54, 1.807) is 0 Å². The normalized spacial score (nSPS) is 49.8. The lowest BCUT2D eigenvalue weighted by Crippen LogP contribution is -3.00. The summed E-state index contributed by atoms with van der Waals surface area (Å²) < 4.78 is 6.16. The second-order valence-corrected chi connectivity index (χ2v) is 5.26. The third-order valence-corrected chi connectivity index (χ3v) is 4.83. The van der Waals surface area contributed by atoms with Crippen molar-refractivity contribution in [2.24, 2.45) is 0 Å². The van der Waals surface area contributed by atoms with Gasteiger partial charge in [-0.25, -0.2) is 0 Å². The summed E-state index contributed by atoms with van der Waals surface area (Å²) in [6.45, 7) is 1.81. The molecular weight excluding hydrogens is 161 g/mol. The van der Waals surface area contributed by atoms with Crippen LogP contribution in [0.2, 0.25) is 11.6 Å². The molecule has 2 nitrogen and oxygen atoms in total. The zero-order valence-electron chi connectivity index (χ0n) is 8.37. The summed E-state index contributed by atoms with van der Waals surface area (Å²) in [5.74, 6) is 1.88. The maximum Gasteiger partial charge on any atom is 0.337 e. The van der Waals surface area contributed by atoms with Gasteiger partial charge < -0.3 is 9.88 Å². The molecule has 0 amide bonds. The van der Waals surface area contributed by atoms with Crippen LogP contribution in [0.3, 0.4) is 0 Å². The molecule has 0 saturated carbocycles.